The normalized spacial score (nSPS) is 11.0. The van der Waals surface area contributed by atoms with Crippen molar-refractivity contribution in [3.8, 4) is 0 Å². The van der Waals surface area contributed by atoms with Crippen molar-refractivity contribution in [1.82, 2.24) is 9.97 Å². The third-order valence-electron chi connectivity index (χ3n) is 2.62. The highest BCUT2D eigenvalue weighted by atomic mass is 16.1. The fraction of sp³-hybridized carbons (Fsp3) is 0.250. The van der Waals surface area contributed by atoms with Gasteiger partial charge in [-0.3, -0.25) is 14.6 Å². The van der Waals surface area contributed by atoms with Gasteiger partial charge in [-0.1, -0.05) is 13.8 Å². The molecule has 0 aliphatic carbocycles. The van der Waals surface area contributed by atoms with Gasteiger partial charge in [0.05, 0.1) is 10.9 Å². The standard InChI is InChI=1S/C12H13N3O2/c1-6(2)8-5-9(16)10-7(15-8)3-4-14-11(10)12(13)17/h3-6H,1-2H3,(H2,13,17)(H,15,16). The summed E-state index contributed by atoms with van der Waals surface area (Å²) in [6.07, 6.45) is 1.46. The minimum atomic E-state index is -0.696. The summed E-state index contributed by atoms with van der Waals surface area (Å²) in [7, 11) is 0. The van der Waals surface area contributed by atoms with Crippen molar-refractivity contribution in [1.29, 1.82) is 0 Å². The molecule has 1 amide bonds. The summed E-state index contributed by atoms with van der Waals surface area (Å²) in [5, 5.41) is 0.254. The van der Waals surface area contributed by atoms with E-state index in [1.807, 2.05) is 13.8 Å². The first kappa shape index (κ1) is 11.3. The highest BCUT2D eigenvalue weighted by Gasteiger charge is 2.13. The molecule has 0 spiro atoms. The molecule has 0 saturated carbocycles. The van der Waals surface area contributed by atoms with Crippen LogP contribution in [0.1, 0.15) is 35.9 Å². The van der Waals surface area contributed by atoms with Gasteiger partial charge in [0.25, 0.3) is 5.91 Å². The van der Waals surface area contributed by atoms with Crippen LogP contribution in [0.25, 0.3) is 10.9 Å². The van der Waals surface area contributed by atoms with Gasteiger partial charge >= 0.3 is 0 Å². The van der Waals surface area contributed by atoms with E-state index in [4.69, 9.17) is 5.73 Å². The predicted molar refractivity (Wildman–Crippen MR) is 65.0 cm³/mol. The van der Waals surface area contributed by atoms with E-state index in [2.05, 4.69) is 9.97 Å². The number of nitrogens with zero attached hydrogens (tertiary/aromatic N) is 1. The van der Waals surface area contributed by atoms with Crippen LogP contribution < -0.4 is 11.2 Å². The first-order valence-corrected chi connectivity index (χ1v) is 5.32. The first-order chi connectivity index (χ1) is 8.00. The monoisotopic (exact) mass is 231 g/mol. The number of aromatic amines is 1. The van der Waals surface area contributed by atoms with Crippen LogP contribution in [0.3, 0.4) is 0 Å². The lowest BCUT2D eigenvalue weighted by molar-refractivity contribution is 0.0997. The summed E-state index contributed by atoms with van der Waals surface area (Å²) in [6, 6.07) is 3.15. The number of hydrogen-bond donors (Lipinski definition) is 2. The quantitative estimate of drug-likeness (QED) is 0.812. The number of H-pyrrole nitrogens is 1. The van der Waals surface area contributed by atoms with Gasteiger partial charge in [-0.05, 0) is 12.0 Å². The van der Waals surface area contributed by atoms with Gasteiger partial charge in [-0.2, -0.15) is 0 Å². The molecule has 17 heavy (non-hydrogen) atoms. The largest absolute Gasteiger partial charge is 0.364 e. The molecule has 2 heterocycles. The average Bonchev–Trinajstić information content (AvgIpc) is 2.27. The zero-order chi connectivity index (χ0) is 12.6. The molecule has 0 aliphatic rings. The number of rotatable bonds is 2. The number of amides is 1. The number of aromatic nitrogens is 2. The molecule has 0 fully saturated rings. The summed E-state index contributed by atoms with van der Waals surface area (Å²) in [4.78, 5) is 30.1. The third-order valence-corrected chi connectivity index (χ3v) is 2.62. The summed E-state index contributed by atoms with van der Waals surface area (Å²) in [5.74, 6) is -0.490. The number of carbonyl (C=O) groups excluding carboxylic acids is 1. The van der Waals surface area contributed by atoms with Gasteiger partial charge in [-0.15, -0.1) is 0 Å². The van der Waals surface area contributed by atoms with Crippen molar-refractivity contribution >= 4 is 16.8 Å². The Labute approximate surface area is 97.7 Å². The second-order valence-electron chi connectivity index (χ2n) is 4.19. The van der Waals surface area contributed by atoms with Crippen molar-refractivity contribution < 1.29 is 4.79 Å². The Morgan fingerprint density at radius 1 is 1.47 bits per heavy atom. The van der Waals surface area contributed by atoms with E-state index in [9.17, 15) is 9.59 Å². The molecule has 5 nitrogen and oxygen atoms in total. The van der Waals surface area contributed by atoms with Gasteiger partial charge in [0.1, 0.15) is 5.69 Å². The van der Waals surface area contributed by atoms with Crippen LogP contribution in [0, 0.1) is 0 Å². The highest BCUT2D eigenvalue weighted by molar-refractivity contribution is 6.03. The zero-order valence-corrected chi connectivity index (χ0v) is 9.65. The molecule has 0 radical (unpaired) electrons. The van der Waals surface area contributed by atoms with Crippen LogP contribution in [0.15, 0.2) is 23.1 Å². The van der Waals surface area contributed by atoms with Crippen molar-refractivity contribution in [2.24, 2.45) is 5.73 Å². The molecule has 0 aliphatic heterocycles. The van der Waals surface area contributed by atoms with E-state index in [0.717, 1.165) is 5.69 Å². The Morgan fingerprint density at radius 3 is 2.76 bits per heavy atom. The molecule has 2 aromatic heterocycles. The van der Waals surface area contributed by atoms with Gasteiger partial charge in [0, 0.05) is 18.0 Å². The van der Waals surface area contributed by atoms with Gasteiger partial charge in [0.15, 0.2) is 5.43 Å². The van der Waals surface area contributed by atoms with Crippen LogP contribution in [0.5, 0.6) is 0 Å². The molecular weight excluding hydrogens is 218 g/mol. The van der Waals surface area contributed by atoms with Crippen molar-refractivity contribution in [3.63, 3.8) is 0 Å². The predicted octanol–water partition coefficient (Wildman–Crippen LogP) is 1.15. The Morgan fingerprint density at radius 2 is 2.18 bits per heavy atom. The zero-order valence-electron chi connectivity index (χ0n) is 9.65. The van der Waals surface area contributed by atoms with Crippen molar-refractivity contribution in [2.45, 2.75) is 19.8 Å². The number of fused-ring (bicyclic) bond motifs is 1. The molecule has 2 aromatic rings. The smallest absolute Gasteiger partial charge is 0.268 e. The number of primary amides is 1. The Bertz CT molecular complexity index is 644. The van der Waals surface area contributed by atoms with E-state index in [1.165, 1.54) is 12.3 Å². The second kappa shape index (κ2) is 4.01. The van der Waals surface area contributed by atoms with Crippen molar-refractivity contribution in [3.05, 3.63) is 39.9 Å². The minimum Gasteiger partial charge on any atom is -0.364 e. The molecular formula is C12H13N3O2. The number of carbonyl (C=O) groups is 1. The summed E-state index contributed by atoms with van der Waals surface area (Å²) >= 11 is 0. The van der Waals surface area contributed by atoms with Crippen LogP contribution >= 0.6 is 0 Å². The number of nitrogens with one attached hydrogen (secondary N) is 1. The molecule has 88 valence electrons. The van der Waals surface area contributed by atoms with E-state index >= 15 is 0 Å². The molecule has 0 bridgehead atoms. The third kappa shape index (κ3) is 1.91. The SMILES string of the molecule is CC(C)c1cc(=O)c2c(C(N)=O)nccc2[nH]1. The molecule has 0 unspecified atom stereocenters. The summed E-state index contributed by atoms with van der Waals surface area (Å²) in [6.45, 7) is 3.96. The average molecular weight is 231 g/mol. The minimum absolute atomic E-state index is 0.0130. The topological polar surface area (TPSA) is 88.8 Å². The van der Waals surface area contributed by atoms with E-state index in [1.54, 1.807) is 6.07 Å². The number of pyridine rings is 2. The Hall–Kier alpha value is -2.17. The highest BCUT2D eigenvalue weighted by Crippen LogP contribution is 2.15. The molecule has 0 atom stereocenters. The van der Waals surface area contributed by atoms with Crippen LogP contribution in [0.2, 0.25) is 0 Å². The molecule has 0 aromatic carbocycles. The number of hydrogen-bond acceptors (Lipinski definition) is 3. The second-order valence-corrected chi connectivity index (χ2v) is 4.19. The van der Waals surface area contributed by atoms with Gasteiger partial charge in [0.2, 0.25) is 0 Å². The fourth-order valence-electron chi connectivity index (χ4n) is 1.72. The van der Waals surface area contributed by atoms with Crippen molar-refractivity contribution in [2.75, 3.05) is 0 Å². The van der Waals surface area contributed by atoms with Crippen LogP contribution in [0.4, 0.5) is 0 Å². The van der Waals surface area contributed by atoms with Gasteiger partial charge in [-0.25, -0.2) is 0 Å². The maximum atomic E-state index is 12.0. The number of nitrogens with two attached hydrogens (primary N) is 1. The molecule has 0 saturated heterocycles. The van der Waals surface area contributed by atoms with E-state index < -0.39 is 5.91 Å². The van der Waals surface area contributed by atoms with Crippen LogP contribution in [-0.2, 0) is 0 Å². The van der Waals surface area contributed by atoms with Crippen LogP contribution in [-0.4, -0.2) is 15.9 Å². The summed E-state index contributed by atoms with van der Waals surface area (Å²) in [5.41, 5.74) is 6.38. The maximum Gasteiger partial charge on any atom is 0.268 e. The lowest BCUT2D eigenvalue weighted by Crippen LogP contribution is -2.18. The van der Waals surface area contributed by atoms with E-state index in [0.29, 0.717) is 5.52 Å². The van der Waals surface area contributed by atoms with E-state index in [-0.39, 0.29) is 22.4 Å². The Kier molecular flexibility index (Phi) is 2.67. The molecule has 3 N–H and O–H groups in total. The Balaban J connectivity index is 2.86. The first-order valence-electron chi connectivity index (χ1n) is 5.32. The summed E-state index contributed by atoms with van der Waals surface area (Å²) < 4.78 is 0. The fourth-order valence-corrected chi connectivity index (χ4v) is 1.72. The van der Waals surface area contributed by atoms with Gasteiger partial charge < -0.3 is 10.7 Å². The molecule has 5 heteroatoms. The lowest BCUT2D eigenvalue weighted by Gasteiger charge is -2.08. The molecule has 2 rings (SSSR count). The lowest BCUT2D eigenvalue weighted by atomic mass is 10.1. The maximum absolute atomic E-state index is 12.0.